The molecule has 6 N–H and O–H groups in total. The van der Waals surface area contributed by atoms with Gasteiger partial charge in [0.05, 0.1) is 5.54 Å². The Morgan fingerprint density at radius 1 is 1.19 bits per heavy atom. The lowest BCUT2D eigenvalue weighted by molar-refractivity contribution is -0.136. The average Bonchev–Trinajstić information content (AvgIpc) is 2.85. The van der Waals surface area contributed by atoms with E-state index in [9.17, 15) is 9.59 Å². The predicted molar refractivity (Wildman–Crippen MR) is 146 cm³/mol. The maximum absolute atomic E-state index is 12.8. The molecule has 1 aromatic heterocycles. The van der Waals surface area contributed by atoms with Crippen LogP contribution in [0.5, 0.6) is 0 Å². The predicted octanol–water partition coefficient (Wildman–Crippen LogP) is 0.185. The van der Waals surface area contributed by atoms with Crippen molar-refractivity contribution < 1.29 is 9.59 Å². The van der Waals surface area contributed by atoms with Crippen LogP contribution in [0.1, 0.15) is 52.9 Å². The fourth-order valence-electron chi connectivity index (χ4n) is 5.21. The monoisotopic (exact) mass is 516 g/mol. The van der Waals surface area contributed by atoms with Gasteiger partial charge in [0.25, 0.3) is 0 Å². The van der Waals surface area contributed by atoms with Crippen molar-refractivity contribution in [3.8, 4) is 0 Å². The van der Waals surface area contributed by atoms with Crippen LogP contribution in [0, 0.1) is 5.92 Å². The molecule has 1 aliphatic carbocycles. The van der Waals surface area contributed by atoms with E-state index >= 15 is 0 Å². The molecule has 0 aromatic carbocycles. The van der Waals surface area contributed by atoms with Gasteiger partial charge in [-0.1, -0.05) is 6.08 Å². The molecule has 11 nitrogen and oxygen atoms in total. The lowest BCUT2D eigenvalue weighted by Gasteiger charge is -2.38. The zero-order chi connectivity index (χ0) is 27.2. The maximum atomic E-state index is 12.8. The number of carbonyl (C=O) groups excluding carboxylic acids is 2. The Labute approximate surface area is 219 Å². The quantitative estimate of drug-likeness (QED) is 0.468. The number of hydrogen-bond donors (Lipinski definition) is 3. The summed E-state index contributed by atoms with van der Waals surface area (Å²) in [6, 6.07) is 1.91. The van der Waals surface area contributed by atoms with Gasteiger partial charge in [-0.05, 0) is 77.9 Å². The van der Waals surface area contributed by atoms with Crippen molar-refractivity contribution in [1.82, 2.24) is 19.4 Å². The van der Waals surface area contributed by atoms with Crippen molar-refractivity contribution >= 4 is 23.8 Å². The molecule has 1 aromatic rings. The van der Waals surface area contributed by atoms with Crippen molar-refractivity contribution in [2.24, 2.45) is 23.1 Å². The number of piperidine rings is 1. The number of rotatable bonds is 5. The summed E-state index contributed by atoms with van der Waals surface area (Å²) < 4.78 is 1.69. The Balaban J connectivity index is 0.00000121. The normalized spacial score (nSPS) is 22.5. The van der Waals surface area contributed by atoms with E-state index in [0.717, 1.165) is 57.4 Å². The summed E-state index contributed by atoms with van der Waals surface area (Å²) in [5.41, 5.74) is 16.3. The number of nitrogens with two attached hydrogens (primary N) is 3. The Hall–Kier alpha value is -2.76. The van der Waals surface area contributed by atoms with E-state index in [0.29, 0.717) is 37.9 Å². The molecule has 0 saturated carbocycles. The van der Waals surface area contributed by atoms with Gasteiger partial charge in [0.1, 0.15) is 5.82 Å². The Morgan fingerprint density at radius 3 is 2.32 bits per heavy atom. The molecule has 1 atom stereocenters. The third-order valence-electron chi connectivity index (χ3n) is 7.55. The lowest BCUT2D eigenvalue weighted by Crippen LogP contribution is -2.57. The Bertz CT molecular complexity index is 1010. The molecule has 2 fully saturated rings. The highest BCUT2D eigenvalue weighted by atomic mass is 16.2. The number of allylic oxidation sites excluding steroid dienone is 2. The third-order valence-corrected chi connectivity index (χ3v) is 7.55. The van der Waals surface area contributed by atoms with Crippen LogP contribution < -0.4 is 27.8 Å². The first-order valence-electron chi connectivity index (χ1n) is 13.2. The van der Waals surface area contributed by atoms with Crippen LogP contribution in [0.3, 0.4) is 0 Å². The number of amides is 2. The summed E-state index contributed by atoms with van der Waals surface area (Å²) in [7, 11) is 0. The van der Waals surface area contributed by atoms with E-state index in [4.69, 9.17) is 16.3 Å². The second kappa shape index (κ2) is 12.2. The van der Waals surface area contributed by atoms with E-state index < -0.39 is 5.54 Å². The first kappa shape index (κ1) is 28.8. The molecular formula is C26H44N8O3. The molecule has 0 radical (unpaired) electrons. The highest BCUT2D eigenvalue weighted by Crippen LogP contribution is 2.28. The molecule has 1 unspecified atom stereocenters. The van der Waals surface area contributed by atoms with E-state index in [1.165, 1.54) is 0 Å². The number of piperazine rings is 1. The average molecular weight is 517 g/mol. The molecule has 0 bridgehead atoms. The number of likely N-dealkylation sites (tertiary alicyclic amines) is 1. The van der Waals surface area contributed by atoms with Gasteiger partial charge in [-0.2, -0.15) is 4.98 Å². The maximum Gasteiger partial charge on any atom is 0.353 e. The van der Waals surface area contributed by atoms with E-state index in [-0.39, 0.29) is 23.5 Å². The summed E-state index contributed by atoms with van der Waals surface area (Å²) in [6.07, 6.45) is 9.41. The van der Waals surface area contributed by atoms with E-state index in [1.807, 2.05) is 12.3 Å². The molecule has 206 valence electrons. The van der Waals surface area contributed by atoms with Crippen LogP contribution in [0.25, 0.3) is 5.70 Å². The fourth-order valence-corrected chi connectivity index (χ4v) is 5.21. The fraction of sp³-hybridized carbons (Fsp3) is 0.692. The zero-order valence-corrected chi connectivity index (χ0v) is 22.6. The lowest BCUT2D eigenvalue weighted by atomic mass is 9.88. The Kier molecular flexibility index (Phi) is 9.49. The summed E-state index contributed by atoms with van der Waals surface area (Å²) in [6.45, 7) is 11.3. The minimum Gasteiger partial charge on any atom is -0.372 e. The van der Waals surface area contributed by atoms with Crippen molar-refractivity contribution in [2.75, 3.05) is 50.7 Å². The number of primary amides is 1. The van der Waals surface area contributed by atoms with E-state index in [1.54, 1.807) is 23.3 Å². The number of hydrogen-bond acceptors (Lipinski definition) is 8. The van der Waals surface area contributed by atoms with Gasteiger partial charge in [0.15, 0.2) is 0 Å². The van der Waals surface area contributed by atoms with Crippen LogP contribution in [0.15, 0.2) is 23.1 Å². The summed E-state index contributed by atoms with van der Waals surface area (Å²) in [5.74, 6) is 1.26. The van der Waals surface area contributed by atoms with Crippen molar-refractivity contribution in [3.63, 3.8) is 0 Å². The summed E-state index contributed by atoms with van der Waals surface area (Å²) in [5, 5.41) is 0. The molecule has 2 amide bonds. The van der Waals surface area contributed by atoms with Gasteiger partial charge in [-0.3, -0.25) is 14.2 Å². The molecule has 37 heavy (non-hydrogen) atoms. The minimum atomic E-state index is -0.868. The van der Waals surface area contributed by atoms with Crippen LogP contribution in [-0.2, 0) is 9.59 Å². The standard InChI is InChI=1S/C25H41N7O2.CH3NO/c1-24(2,26)22(33)31-16-14-30(15-17-31)21-8-11-32(23(34)28-21)20-6-4-19(5-7-20)18-29-12-9-25(3,27)10-13-29;2-1-3/h6,8,11,19H,4-5,7,9-10,12-18,26-27H2,1-3H3;1H,(H2,2,3). The highest BCUT2D eigenvalue weighted by molar-refractivity contribution is 5.85. The molecule has 2 saturated heterocycles. The van der Waals surface area contributed by atoms with Crippen molar-refractivity contribution in [1.29, 1.82) is 0 Å². The van der Waals surface area contributed by atoms with Gasteiger partial charge < -0.3 is 31.9 Å². The van der Waals surface area contributed by atoms with Crippen molar-refractivity contribution in [2.45, 2.75) is 64.0 Å². The van der Waals surface area contributed by atoms with Gasteiger partial charge in [0.2, 0.25) is 12.3 Å². The molecular weight excluding hydrogens is 472 g/mol. The second-order valence-electron chi connectivity index (χ2n) is 11.4. The number of anilines is 1. The highest BCUT2D eigenvalue weighted by Gasteiger charge is 2.31. The summed E-state index contributed by atoms with van der Waals surface area (Å²) >= 11 is 0. The first-order chi connectivity index (χ1) is 17.4. The SMILES string of the molecule is CC1(N)CCN(CC2CC=C(n3ccc(N4CCN(C(=O)C(C)(C)N)CC4)nc3=O)CC2)CC1.NC=O. The third kappa shape index (κ3) is 7.86. The van der Waals surface area contributed by atoms with Gasteiger partial charge in [-0.15, -0.1) is 0 Å². The molecule has 2 aliphatic heterocycles. The van der Waals surface area contributed by atoms with Crippen LogP contribution in [0.4, 0.5) is 5.82 Å². The van der Waals surface area contributed by atoms with Crippen LogP contribution in [0.2, 0.25) is 0 Å². The first-order valence-corrected chi connectivity index (χ1v) is 13.2. The largest absolute Gasteiger partial charge is 0.372 e. The van der Waals surface area contributed by atoms with Crippen molar-refractivity contribution in [3.05, 3.63) is 28.8 Å². The zero-order valence-electron chi connectivity index (χ0n) is 22.6. The number of carbonyl (C=O) groups is 2. The smallest absolute Gasteiger partial charge is 0.353 e. The molecule has 4 rings (SSSR count). The second-order valence-corrected chi connectivity index (χ2v) is 11.4. The molecule has 3 aliphatic rings. The number of nitrogens with zero attached hydrogens (tertiary/aromatic N) is 5. The van der Waals surface area contributed by atoms with E-state index in [2.05, 4.69) is 33.5 Å². The molecule has 11 heteroatoms. The summed E-state index contributed by atoms with van der Waals surface area (Å²) in [4.78, 5) is 44.6. The molecule has 3 heterocycles. The van der Waals surface area contributed by atoms with Crippen LogP contribution >= 0.6 is 0 Å². The number of aromatic nitrogens is 2. The minimum absolute atomic E-state index is 0.0111. The van der Waals surface area contributed by atoms with Gasteiger partial charge in [0, 0.05) is 50.2 Å². The van der Waals surface area contributed by atoms with Crippen LogP contribution in [-0.4, -0.2) is 88.6 Å². The Morgan fingerprint density at radius 2 is 1.81 bits per heavy atom. The topological polar surface area (TPSA) is 157 Å². The molecule has 0 spiro atoms. The van der Waals surface area contributed by atoms with Gasteiger partial charge >= 0.3 is 5.69 Å². The van der Waals surface area contributed by atoms with Gasteiger partial charge in [-0.25, -0.2) is 4.79 Å².